The van der Waals surface area contributed by atoms with Gasteiger partial charge in [-0.05, 0) is 80.8 Å². The van der Waals surface area contributed by atoms with E-state index in [4.69, 9.17) is 28.0 Å². The molecule has 1 saturated heterocycles. The van der Waals surface area contributed by atoms with Crippen molar-refractivity contribution in [3.05, 3.63) is 144 Å². The molecule has 2 aromatic heterocycles. The van der Waals surface area contributed by atoms with Gasteiger partial charge in [0.05, 0.1) is 52.4 Å². The summed E-state index contributed by atoms with van der Waals surface area (Å²) >= 11 is 0. The summed E-state index contributed by atoms with van der Waals surface area (Å²) in [6, 6.07) is 37.1. The van der Waals surface area contributed by atoms with E-state index in [1.165, 1.54) is 6.33 Å². The number of rotatable bonds is 19. The Labute approximate surface area is 363 Å². The van der Waals surface area contributed by atoms with Crippen molar-refractivity contribution in [2.24, 2.45) is 0 Å². The fourth-order valence-corrected chi connectivity index (χ4v) is 9.51. The van der Waals surface area contributed by atoms with Crippen LogP contribution >= 0.6 is 8.53 Å². The standard InChI is InChI=1S/C47H52N7O7P/c1-32(2)54(33(3)4)62(59-27-13-26-48)61-40-28-42(53-31-51-43-44(49-30-50-45(43)53)52-46(55)34-14-9-7-10-15-34)60-41(40)29-58-47(35-16-11-8-12-17-35,36-18-22-38(56-5)23-19-36)37-20-24-39(57-6)25-21-37/h7-12,14-25,30-33,40-42H,13,27-29H2,1-6H3,(H,49,50,52,55)/t40-,41?,42?,62?/m1/s1. The van der Waals surface area contributed by atoms with E-state index in [1.54, 1.807) is 44.8 Å². The third-order valence-electron chi connectivity index (χ3n) is 10.6. The Morgan fingerprint density at radius 3 is 2.05 bits per heavy atom. The number of anilines is 1. The summed E-state index contributed by atoms with van der Waals surface area (Å²) < 4.78 is 43.0. The minimum atomic E-state index is -1.66. The highest BCUT2D eigenvalue weighted by Gasteiger charge is 2.45. The molecule has 1 N–H and O–H groups in total. The van der Waals surface area contributed by atoms with Crippen LogP contribution in [0.15, 0.2) is 122 Å². The fraction of sp³-hybridized carbons (Fsp3) is 0.340. The topological polar surface area (TPSA) is 155 Å². The van der Waals surface area contributed by atoms with Crippen molar-refractivity contribution < 1.29 is 32.8 Å². The van der Waals surface area contributed by atoms with E-state index in [9.17, 15) is 10.1 Å². The predicted molar refractivity (Wildman–Crippen MR) is 237 cm³/mol. The van der Waals surface area contributed by atoms with Gasteiger partial charge in [-0.1, -0.05) is 72.8 Å². The highest BCUT2D eigenvalue weighted by molar-refractivity contribution is 7.44. The van der Waals surface area contributed by atoms with E-state index in [1.807, 2.05) is 77.4 Å². The maximum absolute atomic E-state index is 13.2. The molecule has 4 atom stereocenters. The molecule has 1 aliphatic rings. The number of nitrogens with one attached hydrogen (secondary N) is 1. The summed E-state index contributed by atoms with van der Waals surface area (Å²) in [7, 11) is 1.62. The number of fused-ring (bicyclic) bond motifs is 1. The molecule has 3 heterocycles. The quantitative estimate of drug-likeness (QED) is 0.0469. The Morgan fingerprint density at radius 2 is 1.47 bits per heavy atom. The van der Waals surface area contributed by atoms with Crippen LogP contribution in [0.1, 0.15) is 73.8 Å². The van der Waals surface area contributed by atoms with Gasteiger partial charge < -0.3 is 33.3 Å². The molecule has 0 aliphatic carbocycles. The maximum Gasteiger partial charge on any atom is 0.259 e. The van der Waals surface area contributed by atoms with Gasteiger partial charge in [0.2, 0.25) is 0 Å². The Morgan fingerprint density at radius 1 is 0.871 bits per heavy atom. The molecule has 6 aromatic rings. The molecule has 322 valence electrons. The minimum absolute atomic E-state index is 0.0747. The molecule has 0 bridgehead atoms. The van der Waals surface area contributed by atoms with Gasteiger partial charge in [-0.3, -0.25) is 9.36 Å². The first-order chi connectivity index (χ1) is 30.2. The number of ether oxygens (including phenoxy) is 4. The average Bonchev–Trinajstić information content (AvgIpc) is 3.92. The normalized spacial score (nSPS) is 17.1. The highest BCUT2D eigenvalue weighted by atomic mass is 31.2. The van der Waals surface area contributed by atoms with Crippen LogP contribution in [0.3, 0.4) is 0 Å². The van der Waals surface area contributed by atoms with Gasteiger partial charge in [0.1, 0.15) is 35.8 Å². The van der Waals surface area contributed by atoms with Crippen LogP contribution in [0.5, 0.6) is 11.5 Å². The number of carbonyl (C=O) groups is 1. The second-order valence-corrected chi connectivity index (χ2v) is 16.6. The summed E-state index contributed by atoms with van der Waals surface area (Å²) in [4.78, 5) is 26.8. The summed E-state index contributed by atoms with van der Waals surface area (Å²) in [5, 5.41) is 12.3. The second-order valence-electron chi connectivity index (χ2n) is 15.2. The lowest BCUT2D eigenvalue weighted by Crippen LogP contribution is -2.39. The van der Waals surface area contributed by atoms with Crippen LogP contribution in [0.2, 0.25) is 0 Å². The van der Waals surface area contributed by atoms with Gasteiger partial charge in [-0.2, -0.15) is 5.26 Å². The van der Waals surface area contributed by atoms with Crippen molar-refractivity contribution in [3.8, 4) is 17.6 Å². The number of methoxy groups -OCH3 is 2. The number of nitriles is 1. The summed E-state index contributed by atoms with van der Waals surface area (Å²) in [6.45, 7) is 8.70. The van der Waals surface area contributed by atoms with E-state index in [2.05, 4.69) is 70.8 Å². The largest absolute Gasteiger partial charge is 0.497 e. The number of benzene rings is 4. The molecule has 4 aromatic carbocycles. The van der Waals surface area contributed by atoms with Crippen LogP contribution in [0, 0.1) is 11.3 Å². The molecule has 0 saturated carbocycles. The maximum atomic E-state index is 13.2. The SMILES string of the molecule is COc1ccc(C(OCC2OC(n3cnc4c(NC(=O)c5ccccc5)ncnc43)C[C@H]2OP(OCCC#N)N(C(C)C)C(C)C)(c2ccccc2)c2ccc(OC)cc2)cc1. The molecule has 14 nitrogen and oxygen atoms in total. The van der Waals surface area contributed by atoms with E-state index >= 15 is 0 Å². The number of carbonyl (C=O) groups excluding carboxylic acids is 1. The number of imidazole rings is 1. The molecule has 0 spiro atoms. The lowest BCUT2D eigenvalue weighted by molar-refractivity contribution is -0.0912. The second kappa shape index (κ2) is 20.4. The van der Waals surface area contributed by atoms with Crippen molar-refractivity contribution in [2.45, 2.75) is 76.7 Å². The number of nitrogens with zero attached hydrogens (tertiary/aromatic N) is 6. The predicted octanol–water partition coefficient (Wildman–Crippen LogP) is 9.05. The summed E-state index contributed by atoms with van der Waals surface area (Å²) in [5.41, 5.74) is 2.89. The molecule has 3 unspecified atom stereocenters. The van der Waals surface area contributed by atoms with Gasteiger partial charge in [-0.15, -0.1) is 0 Å². The number of hydrogen-bond acceptors (Lipinski definition) is 12. The average molecular weight is 858 g/mol. The Hall–Kier alpha value is -5.78. The van der Waals surface area contributed by atoms with Crippen LogP contribution in [0.4, 0.5) is 5.82 Å². The van der Waals surface area contributed by atoms with Gasteiger partial charge in [0.15, 0.2) is 17.0 Å². The Balaban J connectivity index is 1.28. The molecule has 7 rings (SSSR count). The number of amides is 1. The Kier molecular flexibility index (Phi) is 14.6. The highest BCUT2D eigenvalue weighted by Crippen LogP contribution is 2.51. The zero-order chi connectivity index (χ0) is 43.6. The monoisotopic (exact) mass is 857 g/mol. The third kappa shape index (κ3) is 9.64. The zero-order valence-corrected chi connectivity index (χ0v) is 36.6. The molecule has 1 amide bonds. The van der Waals surface area contributed by atoms with Crippen molar-refractivity contribution in [1.82, 2.24) is 24.2 Å². The van der Waals surface area contributed by atoms with Crippen molar-refractivity contribution >= 4 is 31.4 Å². The first kappa shape index (κ1) is 44.3. The van der Waals surface area contributed by atoms with Crippen molar-refractivity contribution in [3.63, 3.8) is 0 Å². The fourth-order valence-electron chi connectivity index (χ4n) is 7.75. The minimum Gasteiger partial charge on any atom is -0.497 e. The van der Waals surface area contributed by atoms with Crippen molar-refractivity contribution in [1.29, 1.82) is 5.26 Å². The molecule has 15 heteroatoms. The molecular weight excluding hydrogens is 806 g/mol. The molecule has 1 fully saturated rings. The Bertz CT molecular complexity index is 2360. The van der Waals surface area contributed by atoms with E-state index in [0.717, 1.165) is 16.7 Å². The van der Waals surface area contributed by atoms with Crippen LogP contribution < -0.4 is 14.8 Å². The molecule has 1 aliphatic heterocycles. The molecule has 0 radical (unpaired) electrons. The van der Waals surface area contributed by atoms with Crippen LogP contribution in [-0.4, -0.2) is 81.8 Å². The lowest BCUT2D eigenvalue weighted by atomic mass is 9.80. The van der Waals surface area contributed by atoms with Gasteiger partial charge >= 0.3 is 0 Å². The van der Waals surface area contributed by atoms with Crippen molar-refractivity contribution in [2.75, 3.05) is 32.8 Å². The third-order valence-corrected chi connectivity index (χ3v) is 12.8. The van der Waals surface area contributed by atoms with Crippen LogP contribution in [-0.2, 0) is 24.1 Å². The van der Waals surface area contributed by atoms with Gasteiger partial charge in [-0.25, -0.2) is 19.6 Å². The van der Waals surface area contributed by atoms with Crippen LogP contribution in [0.25, 0.3) is 11.2 Å². The van der Waals surface area contributed by atoms with Gasteiger partial charge in [0, 0.05) is 24.1 Å². The van der Waals surface area contributed by atoms with Gasteiger partial charge in [0.25, 0.3) is 14.4 Å². The van der Waals surface area contributed by atoms with E-state index in [-0.39, 0.29) is 43.4 Å². The first-order valence-electron chi connectivity index (χ1n) is 20.6. The summed E-state index contributed by atoms with van der Waals surface area (Å²) in [6.07, 6.45) is 1.84. The number of hydrogen-bond donors (Lipinski definition) is 1. The first-order valence-corrected chi connectivity index (χ1v) is 21.7. The molecule has 62 heavy (non-hydrogen) atoms. The number of aromatic nitrogens is 4. The zero-order valence-electron chi connectivity index (χ0n) is 35.8. The molecular formula is C47H52N7O7P. The lowest BCUT2D eigenvalue weighted by Gasteiger charge is -2.39. The smallest absolute Gasteiger partial charge is 0.259 e. The summed E-state index contributed by atoms with van der Waals surface area (Å²) in [5.74, 6) is 1.39. The van der Waals surface area contributed by atoms with E-state index < -0.39 is 32.6 Å². The van der Waals surface area contributed by atoms with E-state index in [0.29, 0.717) is 34.6 Å².